The number of aryl methyl sites for hydroxylation is 2. The minimum absolute atomic E-state index is 0.893. The average molecular weight is 256 g/mol. The number of hydrogen-bond acceptors (Lipinski definition) is 1. The molecule has 0 spiro atoms. The topological polar surface area (TPSA) is 34.4 Å². The molecule has 19 heavy (non-hydrogen) atoms. The van der Waals surface area contributed by atoms with E-state index in [0.717, 1.165) is 25.5 Å². The van der Waals surface area contributed by atoms with E-state index in [4.69, 9.17) is 0 Å². The quantitative estimate of drug-likeness (QED) is 0.620. The third kappa shape index (κ3) is 3.55. The first kappa shape index (κ1) is 13.6. The molecule has 0 radical (unpaired) electrons. The molecule has 1 heterocycles. The average Bonchev–Trinajstić information content (AvgIpc) is 2.82. The van der Waals surface area contributed by atoms with Gasteiger partial charge in [0.25, 0.3) is 0 Å². The van der Waals surface area contributed by atoms with E-state index in [1.165, 1.54) is 16.7 Å². The zero-order valence-electron chi connectivity index (χ0n) is 11.8. The summed E-state index contributed by atoms with van der Waals surface area (Å²) in [5.41, 5.74) is 4.00. The van der Waals surface area contributed by atoms with Crippen molar-refractivity contribution in [3.05, 3.63) is 65.8 Å². The molecule has 0 aliphatic carbocycles. The summed E-state index contributed by atoms with van der Waals surface area (Å²) in [5, 5.41) is 2.20. The molecular formula is C16H22N3+. The summed E-state index contributed by atoms with van der Waals surface area (Å²) in [6.45, 7) is 10.7. The summed E-state index contributed by atoms with van der Waals surface area (Å²) in [6.07, 6.45) is 5.85. The molecule has 100 valence electrons. The molecule has 3 heteroatoms. The van der Waals surface area contributed by atoms with E-state index in [-0.39, 0.29) is 0 Å². The van der Waals surface area contributed by atoms with Gasteiger partial charge in [0.2, 0.25) is 0 Å². The lowest BCUT2D eigenvalue weighted by molar-refractivity contribution is -0.663. The lowest BCUT2D eigenvalue weighted by Gasteiger charge is -2.10. The van der Waals surface area contributed by atoms with Crippen molar-refractivity contribution < 1.29 is 5.32 Å². The lowest BCUT2D eigenvalue weighted by Crippen LogP contribution is -2.82. The Hall–Kier alpha value is -1.87. The van der Waals surface area contributed by atoms with Crippen LogP contribution in [-0.2, 0) is 13.1 Å². The largest absolute Gasteiger partial charge is 0.337 e. The number of rotatable bonds is 6. The van der Waals surface area contributed by atoms with Crippen molar-refractivity contribution in [2.45, 2.75) is 26.9 Å². The van der Waals surface area contributed by atoms with E-state index in [2.05, 4.69) is 59.7 Å². The van der Waals surface area contributed by atoms with Gasteiger partial charge in [-0.05, 0) is 31.1 Å². The molecule has 1 aromatic carbocycles. The maximum atomic E-state index is 4.43. The molecule has 0 fully saturated rings. The molecule has 2 aromatic rings. The smallest absolute Gasteiger partial charge is 0.164 e. The van der Waals surface area contributed by atoms with Gasteiger partial charge in [-0.2, -0.15) is 0 Å². The summed E-state index contributed by atoms with van der Waals surface area (Å²) >= 11 is 0. The molecule has 0 atom stereocenters. The van der Waals surface area contributed by atoms with Crippen molar-refractivity contribution in [3.8, 4) is 0 Å². The van der Waals surface area contributed by atoms with Gasteiger partial charge in [0.1, 0.15) is 6.54 Å². The van der Waals surface area contributed by atoms with Gasteiger partial charge in [0, 0.05) is 18.9 Å². The van der Waals surface area contributed by atoms with Crippen LogP contribution in [0.1, 0.15) is 22.5 Å². The molecule has 0 unspecified atom stereocenters. The molecule has 0 bridgehead atoms. The van der Waals surface area contributed by atoms with Crippen molar-refractivity contribution >= 4 is 0 Å². The Kier molecular flexibility index (Phi) is 4.53. The van der Waals surface area contributed by atoms with Crippen LogP contribution in [0.15, 0.2) is 43.2 Å². The Morgan fingerprint density at radius 3 is 3.00 bits per heavy atom. The van der Waals surface area contributed by atoms with Crippen molar-refractivity contribution in [2.75, 3.05) is 6.54 Å². The molecule has 0 aliphatic rings. The van der Waals surface area contributed by atoms with Crippen molar-refractivity contribution in [1.29, 1.82) is 0 Å². The zero-order valence-corrected chi connectivity index (χ0v) is 11.8. The fraction of sp³-hybridized carbons (Fsp3) is 0.312. The SMILES string of the molecule is C=CC[NH2+]Cc1nccn1Cc1cc(C)ccc1C. The molecule has 0 aliphatic heterocycles. The van der Waals surface area contributed by atoms with E-state index in [1.54, 1.807) is 0 Å². The number of quaternary nitrogens is 1. The minimum atomic E-state index is 0.893. The Morgan fingerprint density at radius 2 is 2.21 bits per heavy atom. The number of nitrogens with two attached hydrogens (primary N) is 1. The number of hydrogen-bond donors (Lipinski definition) is 1. The van der Waals surface area contributed by atoms with Crippen LogP contribution in [0, 0.1) is 13.8 Å². The highest BCUT2D eigenvalue weighted by Crippen LogP contribution is 2.13. The minimum Gasteiger partial charge on any atom is -0.337 e. The molecule has 0 amide bonds. The second kappa shape index (κ2) is 6.34. The number of benzene rings is 1. The molecule has 0 saturated carbocycles. The van der Waals surface area contributed by atoms with Crippen LogP contribution in [0.3, 0.4) is 0 Å². The second-order valence-corrected chi connectivity index (χ2v) is 4.92. The number of nitrogens with zero attached hydrogens (tertiary/aromatic N) is 2. The Balaban J connectivity index is 2.12. The van der Waals surface area contributed by atoms with Gasteiger partial charge >= 0.3 is 0 Å². The van der Waals surface area contributed by atoms with E-state index >= 15 is 0 Å². The summed E-state index contributed by atoms with van der Waals surface area (Å²) in [6, 6.07) is 6.60. The van der Waals surface area contributed by atoms with Crippen molar-refractivity contribution in [1.82, 2.24) is 9.55 Å². The predicted octanol–water partition coefficient (Wildman–Crippen LogP) is 1.80. The Labute approximate surface area is 115 Å². The second-order valence-electron chi connectivity index (χ2n) is 4.92. The fourth-order valence-electron chi connectivity index (χ4n) is 2.16. The summed E-state index contributed by atoms with van der Waals surface area (Å²) in [4.78, 5) is 4.43. The third-order valence-electron chi connectivity index (χ3n) is 3.31. The number of imidazole rings is 1. The van der Waals surface area contributed by atoms with E-state index in [0.29, 0.717) is 0 Å². The first-order chi connectivity index (χ1) is 9.20. The third-order valence-corrected chi connectivity index (χ3v) is 3.31. The molecular weight excluding hydrogens is 234 g/mol. The highest BCUT2D eigenvalue weighted by atomic mass is 15.1. The maximum Gasteiger partial charge on any atom is 0.164 e. The van der Waals surface area contributed by atoms with Crippen LogP contribution in [0.2, 0.25) is 0 Å². The van der Waals surface area contributed by atoms with Crippen LogP contribution >= 0.6 is 0 Å². The van der Waals surface area contributed by atoms with Gasteiger partial charge in [0.15, 0.2) is 5.82 Å². The lowest BCUT2D eigenvalue weighted by atomic mass is 10.1. The maximum absolute atomic E-state index is 4.43. The van der Waals surface area contributed by atoms with Gasteiger partial charge in [-0.15, -0.1) is 0 Å². The van der Waals surface area contributed by atoms with Crippen molar-refractivity contribution in [3.63, 3.8) is 0 Å². The van der Waals surface area contributed by atoms with E-state index in [9.17, 15) is 0 Å². The van der Waals surface area contributed by atoms with Crippen LogP contribution < -0.4 is 5.32 Å². The molecule has 0 saturated heterocycles. The summed E-state index contributed by atoms with van der Waals surface area (Å²) in [5.74, 6) is 1.11. The fourth-order valence-corrected chi connectivity index (χ4v) is 2.16. The molecule has 3 nitrogen and oxygen atoms in total. The zero-order chi connectivity index (χ0) is 13.7. The predicted molar refractivity (Wildman–Crippen MR) is 77.9 cm³/mol. The van der Waals surface area contributed by atoms with E-state index < -0.39 is 0 Å². The number of aromatic nitrogens is 2. The molecule has 1 aromatic heterocycles. The van der Waals surface area contributed by atoms with Gasteiger partial charge in [-0.3, -0.25) is 0 Å². The molecule has 2 rings (SSSR count). The highest BCUT2D eigenvalue weighted by Gasteiger charge is 2.06. The Bertz CT molecular complexity index is 555. The van der Waals surface area contributed by atoms with Crippen LogP contribution in [0.25, 0.3) is 0 Å². The summed E-state index contributed by atoms with van der Waals surface area (Å²) in [7, 11) is 0. The van der Waals surface area contributed by atoms with Crippen LogP contribution in [0.5, 0.6) is 0 Å². The highest BCUT2D eigenvalue weighted by molar-refractivity contribution is 5.30. The monoisotopic (exact) mass is 256 g/mol. The van der Waals surface area contributed by atoms with Gasteiger partial charge in [-0.1, -0.05) is 30.3 Å². The first-order valence-corrected chi connectivity index (χ1v) is 6.69. The standard InChI is InChI=1S/C16H21N3/c1-4-7-17-11-16-18-8-9-19(16)12-15-10-13(2)5-6-14(15)3/h4-6,8-10,17H,1,7,11-12H2,2-3H3/p+1. The first-order valence-electron chi connectivity index (χ1n) is 6.69. The normalized spacial score (nSPS) is 10.6. The Morgan fingerprint density at radius 1 is 1.37 bits per heavy atom. The van der Waals surface area contributed by atoms with Crippen molar-refractivity contribution in [2.24, 2.45) is 0 Å². The van der Waals surface area contributed by atoms with Gasteiger partial charge < -0.3 is 9.88 Å². The van der Waals surface area contributed by atoms with Gasteiger partial charge in [-0.25, -0.2) is 4.98 Å². The van der Waals surface area contributed by atoms with Crippen LogP contribution in [-0.4, -0.2) is 16.1 Å². The van der Waals surface area contributed by atoms with Gasteiger partial charge in [0.05, 0.1) is 6.54 Å². The van der Waals surface area contributed by atoms with E-state index in [1.807, 2.05) is 12.3 Å². The van der Waals surface area contributed by atoms with Crippen LogP contribution in [0.4, 0.5) is 0 Å². The molecule has 2 N–H and O–H groups in total. The summed E-state index contributed by atoms with van der Waals surface area (Å²) < 4.78 is 2.22.